The van der Waals surface area contributed by atoms with Crippen LogP contribution in [0.15, 0.2) is 36.7 Å². The molecule has 0 aliphatic carbocycles. The molecule has 220 valence electrons. The molecule has 4 N–H and O–H groups in total. The minimum absolute atomic E-state index is 0.00600. The lowest BCUT2D eigenvalue weighted by molar-refractivity contribution is -0.139. The number of carbonyl (C=O) groups is 1. The number of hydrogen-bond acceptors (Lipinski definition) is 7. The second-order valence-electron chi connectivity index (χ2n) is 10.7. The van der Waals surface area contributed by atoms with E-state index >= 15 is 8.78 Å². The third kappa shape index (κ3) is 5.06. The van der Waals surface area contributed by atoms with Crippen molar-refractivity contribution in [3.05, 3.63) is 76.5 Å². The van der Waals surface area contributed by atoms with Crippen LogP contribution in [0, 0.1) is 11.6 Å². The minimum atomic E-state index is -3.19. The van der Waals surface area contributed by atoms with Crippen molar-refractivity contribution in [3.63, 3.8) is 0 Å². The largest absolute Gasteiger partial charge is 0.481 e. The first-order valence-electron chi connectivity index (χ1n) is 13.2. The van der Waals surface area contributed by atoms with E-state index in [9.17, 15) is 23.8 Å². The van der Waals surface area contributed by atoms with E-state index in [0.29, 0.717) is 24.2 Å². The Labute approximate surface area is 233 Å². The molecule has 0 saturated carbocycles. The zero-order chi connectivity index (χ0) is 29.7. The molecular formula is C28H31F4N5O4. The maximum absolute atomic E-state index is 15.4. The first-order valence-corrected chi connectivity index (χ1v) is 13.2. The number of halogens is 4. The number of ether oxygens (including phenoxy) is 1. The van der Waals surface area contributed by atoms with Crippen molar-refractivity contribution >= 4 is 5.91 Å². The van der Waals surface area contributed by atoms with Crippen LogP contribution in [0.3, 0.4) is 0 Å². The molecule has 0 spiro atoms. The van der Waals surface area contributed by atoms with Crippen LogP contribution in [0.4, 0.5) is 17.6 Å². The Morgan fingerprint density at radius 2 is 1.95 bits per heavy atom. The second-order valence-corrected chi connectivity index (χ2v) is 10.7. The number of imidazole rings is 1. The van der Waals surface area contributed by atoms with Crippen LogP contribution >= 0.6 is 0 Å². The minimum Gasteiger partial charge on any atom is -0.481 e. The predicted octanol–water partition coefficient (Wildman–Crippen LogP) is 2.95. The van der Waals surface area contributed by atoms with Gasteiger partial charge in [0.15, 0.2) is 0 Å². The number of aromatic nitrogens is 3. The Balaban J connectivity index is 1.50. The quantitative estimate of drug-likeness (QED) is 0.352. The molecule has 4 heterocycles. The summed E-state index contributed by atoms with van der Waals surface area (Å²) in [6, 6.07) is 4.19. The van der Waals surface area contributed by atoms with Gasteiger partial charge in [-0.25, -0.2) is 27.5 Å². The number of likely N-dealkylation sites (tertiary alicyclic amines) is 1. The molecule has 3 unspecified atom stereocenters. The molecule has 9 nitrogen and oxygen atoms in total. The number of nitrogens with two attached hydrogens (primary N) is 1. The van der Waals surface area contributed by atoms with Gasteiger partial charge in [0.1, 0.15) is 29.1 Å². The molecule has 2 aliphatic heterocycles. The lowest BCUT2D eigenvalue weighted by atomic mass is 9.83. The molecule has 4 atom stereocenters. The topological polar surface area (TPSA) is 127 Å². The molecule has 0 radical (unpaired) electrons. The Kier molecular flexibility index (Phi) is 7.55. The van der Waals surface area contributed by atoms with Crippen LogP contribution in [0.2, 0.25) is 0 Å². The molecule has 1 amide bonds. The molecular weight excluding hydrogens is 546 g/mol. The lowest BCUT2D eigenvalue weighted by Gasteiger charge is -2.45. The summed E-state index contributed by atoms with van der Waals surface area (Å²) in [5.41, 5.74) is 5.13. The van der Waals surface area contributed by atoms with E-state index in [2.05, 4.69) is 9.97 Å². The predicted molar refractivity (Wildman–Crippen MR) is 138 cm³/mol. The molecule has 13 heteroatoms. The SMILES string of the molecule is COc1ncc(C2CN(C(C)(C(N)=O)c3cn4c(n3)CC[C@@H]4c3cc(F)cc(F)c3)CCC2(F)F)cc1C(O)CO. The number of methoxy groups -OCH3 is 1. The molecule has 41 heavy (non-hydrogen) atoms. The number of piperidine rings is 1. The third-order valence-corrected chi connectivity index (χ3v) is 8.32. The first-order chi connectivity index (χ1) is 19.4. The first kappa shape index (κ1) is 29.0. The van der Waals surface area contributed by atoms with E-state index in [1.807, 2.05) is 0 Å². The van der Waals surface area contributed by atoms with E-state index < -0.39 is 60.1 Å². The van der Waals surface area contributed by atoms with Crippen molar-refractivity contribution < 1.29 is 37.3 Å². The highest BCUT2D eigenvalue weighted by molar-refractivity contribution is 5.85. The number of benzene rings is 1. The van der Waals surface area contributed by atoms with Crippen molar-refractivity contribution in [2.45, 2.75) is 55.7 Å². The maximum atomic E-state index is 15.4. The molecule has 1 saturated heterocycles. The van der Waals surface area contributed by atoms with Gasteiger partial charge in [-0.05, 0) is 42.7 Å². The number of alkyl halides is 2. The smallest absolute Gasteiger partial charge is 0.257 e. The van der Waals surface area contributed by atoms with Crippen molar-refractivity contribution in [2.75, 3.05) is 26.8 Å². The van der Waals surface area contributed by atoms with Gasteiger partial charge in [0, 0.05) is 50.0 Å². The van der Waals surface area contributed by atoms with Gasteiger partial charge in [-0.1, -0.05) is 0 Å². The van der Waals surface area contributed by atoms with Gasteiger partial charge in [0.25, 0.3) is 5.92 Å². The van der Waals surface area contributed by atoms with Crippen molar-refractivity contribution in [2.24, 2.45) is 5.73 Å². The Hall–Kier alpha value is -3.55. The summed E-state index contributed by atoms with van der Waals surface area (Å²) in [4.78, 5) is 23.3. The maximum Gasteiger partial charge on any atom is 0.257 e. The number of aryl methyl sites for hydroxylation is 1. The molecule has 2 aromatic heterocycles. The normalized spacial score (nSPS) is 22.6. The van der Waals surface area contributed by atoms with E-state index in [-0.39, 0.29) is 35.8 Å². The highest BCUT2D eigenvalue weighted by Crippen LogP contribution is 2.45. The fourth-order valence-electron chi connectivity index (χ4n) is 5.91. The summed E-state index contributed by atoms with van der Waals surface area (Å²) >= 11 is 0. The molecule has 1 fully saturated rings. The summed E-state index contributed by atoms with van der Waals surface area (Å²) in [5, 5.41) is 19.6. The van der Waals surface area contributed by atoms with E-state index in [4.69, 9.17) is 10.5 Å². The van der Waals surface area contributed by atoms with Gasteiger partial charge in [-0.15, -0.1) is 0 Å². The number of hydrogen-bond donors (Lipinski definition) is 3. The molecule has 1 aromatic carbocycles. The van der Waals surface area contributed by atoms with Gasteiger partial charge < -0.3 is 25.3 Å². The van der Waals surface area contributed by atoms with Crippen LogP contribution in [0.1, 0.15) is 66.0 Å². The second kappa shape index (κ2) is 10.7. The number of nitrogens with zero attached hydrogens (tertiary/aromatic N) is 4. The van der Waals surface area contributed by atoms with Gasteiger partial charge in [-0.2, -0.15) is 0 Å². The van der Waals surface area contributed by atoms with Crippen LogP contribution < -0.4 is 10.5 Å². The zero-order valence-electron chi connectivity index (χ0n) is 22.5. The molecule has 0 bridgehead atoms. The number of aliphatic hydroxyl groups excluding tert-OH is 2. The summed E-state index contributed by atoms with van der Waals surface area (Å²) in [7, 11) is 1.31. The van der Waals surface area contributed by atoms with Crippen LogP contribution in [0.25, 0.3) is 0 Å². The summed E-state index contributed by atoms with van der Waals surface area (Å²) < 4.78 is 65.5. The van der Waals surface area contributed by atoms with Crippen LogP contribution in [-0.2, 0) is 16.8 Å². The number of primary amides is 1. The van der Waals surface area contributed by atoms with Crippen LogP contribution in [0.5, 0.6) is 5.88 Å². The monoisotopic (exact) mass is 577 g/mol. The standard InChI is InChI=1S/C28H31F4N5O4/c1-27(26(33)40,23-13-37-21(3-4-24(37)35-23)15-7-17(29)10-18(30)8-15)36-6-5-28(31,32)20(12-36)16-9-19(22(39)14-38)25(41-2)34-11-16/h7-11,13,20-22,38-39H,3-6,12,14H2,1-2H3,(H2,33,40)/t20?,21-,22?,27?/m1/s1. The van der Waals surface area contributed by atoms with E-state index in [0.717, 1.165) is 6.07 Å². The molecule has 3 aromatic rings. The number of pyridine rings is 1. The molecule has 5 rings (SSSR count). The molecule has 2 aliphatic rings. The van der Waals surface area contributed by atoms with Gasteiger partial charge in [0.05, 0.1) is 31.4 Å². The summed E-state index contributed by atoms with van der Waals surface area (Å²) in [6.45, 7) is 0.399. The van der Waals surface area contributed by atoms with Crippen molar-refractivity contribution in [3.8, 4) is 5.88 Å². The van der Waals surface area contributed by atoms with Gasteiger partial charge >= 0.3 is 0 Å². The average Bonchev–Trinajstić information content (AvgIpc) is 3.52. The fourth-order valence-corrected chi connectivity index (χ4v) is 5.91. The Morgan fingerprint density at radius 3 is 2.59 bits per heavy atom. The zero-order valence-corrected chi connectivity index (χ0v) is 22.5. The number of fused-ring (bicyclic) bond motifs is 1. The number of carbonyl (C=O) groups excluding carboxylic acids is 1. The van der Waals surface area contributed by atoms with Crippen LogP contribution in [-0.4, -0.2) is 68.3 Å². The number of aliphatic hydroxyl groups is 2. The highest BCUT2D eigenvalue weighted by Gasteiger charge is 2.52. The Bertz CT molecular complexity index is 1450. The fraction of sp³-hybridized carbons (Fsp3) is 0.464. The third-order valence-electron chi connectivity index (χ3n) is 8.32. The summed E-state index contributed by atoms with van der Waals surface area (Å²) in [5.74, 6) is -6.25. The van der Waals surface area contributed by atoms with Gasteiger partial charge in [-0.3, -0.25) is 9.69 Å². The van der Waals surface area contributed by atoms with Crippen molar-refractivity contribution in [1.29, 1.82) is 0 Å². The van der Waals surface area contributed by atoms with Gasteiger partial charge in [0.2, 0.25) is 11.8 Å². The summed E-state index contributed by atoms with van der Waals surface area (Å²) in [6.07, 6.45) is 1.86. The number of rotatable bonds is 8. The van der Waals surface area contributed by atoms with E-state index in [1.54, 1.807) is 15.7 Å². The van der Waals surface area contributed by atoms with Crippen molar-refractivity contribution in [1.82, 2.24) is 19.4 Å². The highest BCUT2D eigenvalue weighted by atomic mass is 19.3. The Morgan fingerprint density at radius 1 is 1.24 bits per heavy atom. The number of amides is 1. The van der Waals surface area contributed by atoms with E-state index in [1.165, 1.54) is 38.4 Å². The average molecular weight is 578 g/mol. The lowest BCUT2D eigenvalue weighted by Crippen LogP contribution is -2.59.